The number of aromatic hydroxyl groups is 1. The third-order valence-electron chi connectivity index (χ3n) is 4.64. The second kappa shape index (κ2) is 5.12. The molecule has 1 aliphatic rings. The molecule has 1 fully saturated rings. The number of aliphatic hydroxyl groups excluding tert-OH is 2. The number of aromatic nitrogens is 5. The number of rotatable bonds is 2. The first kappa shape index (κ1) is 14.6. The third kappa shape index (κ3) is 2.03. The van der Waals surface area contributed by atoms with Crippen LogP contribution >= 0.6 is 0 Å². The lowest BCUT2D eigenvalue weighted by Crippen LogP contribution is -2.24. The molecule has 0 spiro atoms. The first-order valence-electron chi connectivity index (χ1n) is 7.92. The number of ether oxygens (including phenoxy) is 1. The molecular weight excluding hydrogens is 326 g/mol. The van der Waals surface area contributed by atoms with E-state index in [1.165, 1.54) is 0 Å². The minimum absolute atomic E-state index is 0.147. The second-order valence-corrected chi connectivity index (χ2v) is 6.16. The molecule has 1 aromatic carbocycles. The zero-order valence-electron chi connectivity index (χ0n) is 13.0. The molecule has 0 unspecified atom stereocenters. The fourth-order valence-electron chi connectivity index (χ4n) is 3.38. The van der Waals surface area contributed by atoms with Crippen LogP contribution in [0.3, 0.4) is 0 Å². The van der Waals surface area contributed by atoms with Gasteiger partial charge in [0.15, 0.2) is 16.8 Å². The van der Waals surface area contributed by atoms with Crippen LogP contribution in [-0.2, 0) is 4.74 Å². The monoisotopic (exact) mass is 341 g/mol. The van der Waals surface area contributed by atoms with E-state index in [1.54, 1.807) is 35.4 Å². The molecule has 9 nitrogen and oxygen atoms in total. The maximum Gasteiger partial charge on any atom is 0.169 e. The van der Waals surface area contributed by atoms with Gasteiger partial charge in [-0.15, -0.1) is 0 Å². The Labute approximate surface area is 140 Å². The molecule has 3 aromatic heterocycles. The predicted octanol–water partition coefficient (Wildman–Crippen LogP) is 0.578. The van der Waals surface area contributed by atoms with E-state index in [1.807, 2.05) is 4.40 Å². The van der Waals surface area contributed by atoms with Gasteiger partial charge in [0.25, 0.3) is 0 Å². The highest BCUT2D eigenvalue weighted by atomic mass is 16.5. The molecule has 0 radical (unpaired) electrons. The van der Waals surface area contributed by atoms with E-state index in [-0.39, 0.29) is 12.4 Å². The number of nitrogens with zero attached hydrogens (tertiary/aromatic N) is 5. The first-order valence-corrected chi connectivity index (χ1v) is 7.92. The van der Waals surface area contributed by atoms with Crippen LogP contribution in [0.2, 0.25) is 0 Å². The molecular formula is C16H15N5O4. The summed E-state index contributed by atoms with van der Waals surface area (Å²) in [6.45, 7) is -0.239. The van der Waals surface area contributed by atoms with Crippen molar-refractivity contribution in [1.29, 1.82) is 0 Å². The van der Waals surface area contributed by atoms with E-state index >= 15 is 0 Å². The molecule has 4 aromatic rings. The number of imidazole rings is 2. The Morgan fingerprint density at radius 3 is 2.88 bits per heavy atom. The van der Waals surface area contributed by atoms with Gasteiger partial charge in [-0.25, -0.2) is 15.0 Å². The van der Waals surface area contributed by atoms with Crippen molar-refractivity contribution in [3.8, 4) is 5.75 Å². The van der Waals surface area contributed by atoms with Gasteiger partial charge < -0.3 is 20.1 Å². The van der Waals surface area contributed by atoms with Gasteiger partial charge in [0, 0.05) is 12.5 Å². The molecule has 0 saturated carbocycles. The van der Waals surface area contributed by atoms with Crippen molar-refractivity contribution in [2.24, 2.45) is 0 Å². The standard InChI is InChI=1S/C16H15N5O4/c22-5-12-11(24)4-13(25-12)21-6-17-14-15(21)18-7-20-10-2-1-8(23)3-9(10)19-16(14)20/h1-3,6-7,11-13,22-24H,4-5H2/t11-,12+,13+/m0/s1. The van der Waals surface area contributed by atoms with Gasteiger partial charge in [-0.05, 0) is 12.1 Å². The lowest BCUT2D eigenvalue weighted by molar-refractivity contribution is -0.0432. The fourth-order valence-corrected chi connectivity index (χ4v) is 3.38. The molecule has 0 bridgehead atoms. The van der Waals surface area contributed by atoms with Crippen LogP contribution in [0.1, 0.15) is 12.6 Å². The number of fused-ring (bicyclic) bond motifs is 5. The highest BCUT2D eigenvalue weighted by Crippen LogP contribution is 2.32. The number of aliphatic hydroxyl groups is 2. The quantitative estimate of drug-likeness (QED) is 0.488. The summed E-state index contributed by atoms with van der Waals surface area (Å²) >= 11 is 0. The largest absolute Gasteiger partial charge is 0.508 e. The molecule has 0 amide bonds. The van der Waals surface area contributed by atoms with Crippen LogP contribution in [0.15, 0.2) is 30.9 Å². The van der Waals surface area contributed by atoms with Crippen molar-refractivity contribution in [1.82, 2.24) is 23.9 Å². The Morgan fingerprint density at radius 2 is 2.08 bits per heavy atom. The van der Waals surface area contributed by atoms with Gasteiger partial charge in [0.1, 0.15) is 24.4 Å². The SMILES string of the molecule is OC[C@H]1O[C@@H](n2cnc3c2ncn2c4ccc(O)cc4nc32)C[C@@H]1O. The van der Waals surface area contributed by atoms with E-state index in [4.69, 9.17) is 4.74 Å². The van der Waals surface area contributed by atoms with E-state index in [2.05, 4.69) is 15.0 Å². The summed E-state index contributed by atoms with van der Waals surface area (Å²) in [6, 6.07) is 4.97. The molecule has 25 heavy (non-hydrogen) atoms. The predicted molar refractivity (Wildman–Crippen MR) is 87.1 cm³/mol. The summed E-state index contributed by atoms with van der Waals surface area (Å²) < 4.78 is 9.24. The average molecular weight is 341 g/mol. The maximum absolute atomic E-state index is 9.94. The number of phenols is 1. The van der Waals surface area contributed by atoms with Gasteiger partial charge in [-0.1, -0.05) is 0 Å². The normalized spacial score (nSPS) is 24.0. The molecule has 9 heteroatoms. The third-order valence-corrected chi connectivity index (χ3v) is 4.64. The molecule has 3 atom stereocenters. The summed E-state index contributed by atoms with van der Waals surface area (Å²) in [4.78, 5) is 13.4. The molecule has 1 aliphatic heterocycles. The van der Waals surface area contributed by atoms with Crippen LogP contribution in [0.5, 0.6) is 5.75 Å². The smallest absolute Gasteiger partial charge is 0.169 e. The van der Waals surface area contributed by atoms with Crippen LogP contribution in [0.4, 0.5) is 0 Å². The molecule has 128 valence electrons. The Balaban J connectivity index is 1.68. The van der Waals surface area contributed by atoms with Crippen molar-refractivity contribution < 1.29 is 20.1 Å². The second-order valence-electron chi connectivity index (χ2n) is 6.16. The summed E-state index contributed by atoms with van der Waals surface area (Å²) in [5.74, 6) is 0.147. The van der Waals surface area contributed by atoms with Crippen molar-refractivity contribution in [3.63, 3.8) is 0 Å². The van der Waals surface area contributed by atoms with Crippen LogP contribution in [0.25, 0.3) is 27.8 Å². The Hall–Kier alpha value is -2.75. The zero-order chi connectivity index (χ0) is 17.1. The summed E-state index contributed by atoms with van der Waals surface area (Å²) in [6.07, 6.45) is 1.83. The molecule has 5 rings (SSSR count). The highest BCUT2D eigenvalue weighted by molar-refractivity contribution is 5.92. The molecule has 3 N–H and O–H groups in total. The number of hydrogen-bond acceptors (Lipinski definition) is 7. The van der Waals surface area contributed by atoms with E-state index in [9.17, 15) is 15.3 Å². The van der Waals surface area contributed by atoms with E-state index < -0.39 is 18.4 Å². The van der Waals surface area contributed by atoms with Crippen molar-refractivity contribution in [2.75, 3.05) is 6.61 Å². The molecule has 4 heterocycles. The minimum atomic E-state index is -0.729. The Kier molecular flexibility index (Phi) is 2.99. The van der Waals surface area contributed by atoms with Crippen LogP contribution < -0.4 is 0 Å². The average Bonchev–Trinajstić information content (AvgIpc) is 3.27. The lowest BCUT2D eigenvalue weighted by Gasteiger charge is -2.13. The van der Waals surface area contributed by atoms with Crippen LogP contribution in [0, 0.1) is 0 Å². The van der Waals surface area contributed by atoms with E-state index in [0.29, 0.717) is 28.7 Å². The summed E-state index contributed by atoms with van der Waals surface area (Å²) in [7, 11) is 0. The molecule has 1 saturated heterocycles. The zero-order valence-corrected chi connectivity index (χ0v) is 13.0. The van der Waals surface area contributed by atoms with Gasteiger partial charge in [0.05, 0.1) is 30.1 Å². The lowest BCUT2D eigenvalue weighted by atomic mass is 10.2. The highest BCUT2D eigenvalue weighted by Gasteiger charge is 2.35. The first-order chi connectivity index (χ1) is 12.2. The number of hydrogen-bond donors (Lipinski definition) is 3. The Bertz CT molecular complexity index is 1100. The summed E-state index contributed by atoms with van der Waals surface area (Å²) in [5, 5.41) is 28.8. The van der Waals surface area contributed by atoms with Crippen molar-refractivity contribution in [3.05, 3.63) is 30.9 Å². The minimum Gasteiger partial charge on any atom is -0.508 e. The molecule has 0 aliphatic carbocycles. The van der Waals surface area contributed by atoms with Crippen molar-refractivity contribution >= 4 is 27.8 Å². The van der Waals surface area contributed by atoms with Gasteiger partial charge in [0.2, 0.25) is 0 Å². The van der Waals surface area contributed by atoms with Gasteiger partial charge >= 0.3 is 0 Å². The van der Waals surface area contributed by atoms with Crippen molar-refractivity contribution in [2.45, 2.75) is 24.9 Å². The maximum atomic E-state index is 9.94. The van der Waals surface area contributed by atoms with Crippen LogP contribution in [-0.4, -0.2) is 58.1 Å². The Morgan fingerprint density at radius 1 is 1.20 bits per heavy atom. The van der Waals surface area contributed by atoms with Gasteiger partial charge in [-0.2, -0.15) is 0 Å². The topological polar surface area (TPSA) is 118 Å². The fraction of sp³-hybridized carbons (Fsp3) is 0.312. The van der Waals surface area contributed by atoms with Gasteiger partial charge in [-0.3, -0.25) is 8.97 Å². The van der Waals surface area contributed by atoms with E-state index in [0.717, 1.165) is 5.52 Å². The number of phenolic OH excluding ortho intramolecular Hbond substituents is 1. The number of benzene rings is 1. The summed E-state index contributed by atoms with van der Waals surface area (Å²) in [5.41, 5.74) is 3.29.